The van der Waals surface area contributed by atoms with E-state index in [9.17, 15) is 9.59 Å². The Labute approximate surface area is 118 Å². The lowest BCUT2D eigenvalue weighted by Crippen LogP contribution is -2.57. The monoisotopic (exact) mass is 270 g/mol. The largest absolute Gasteiger partial charge is 0.345 e. The van der Waals surface area contributed by atoms with E-state index in [2.05, 4.69) is 17.5 Å². The summed E-state index contributed by atoms with van der Waals surface area (Å²) < 4.78 is 0. The molecule has 1 aromatic carbocycles. The number of benzene rings is 1. The first-order chi connectivity index (χ1) is 9.77. The number of carbonyl (C=O) groups is 2. The predicted octanol–water partition coefficient (Wildman–Crippen LogP) is 1.79. The maximum atomic E-state index is 12.3. The lowest BCUT2D eigenvalue weighted by atomic mass is 9.94. The average molecular weight is 270 g/mol. The zero-order valence-electron chi connectivity index (χ0n) is 11.3. The number of nitrogens with zero attached hydrogens (tertiary/aromatic N) is 1. The molecule has 3 rings (SSSR count). The van der Waals surface area contributed by atoms with E-state index in [-0.39, 0.29) is 24.4 Å². The molecule has 104 valence electrons. The maximum Gasteiger partial charge on any atom is 0.247 e. The van der Waals surface area contributed by atoms with Gasteiger partial charge in [0.1, 0.15) is 6.04 Å². The van der Waals surface area contributed by atoms with E-state index < -0.39 is 6.04 Å². The van der Waals surface area contributed by atoms with Gasteiger partial charge in [-0.3, -0.25) is 9.59 Å². The summed E-state index contributed by atoms with van der Waals surface area (Å²) in [5, 5.41) is 2.70. The number of piperazine rings is 1. The molecule has 1 heterocycles. The van der Waals surface area contributed by atoms with Crippen LogP contribution in [0.25, 0.3) is 0 Å². The van der Waals surface area contributed by atoms with Gasteiger partial charge in [-0.05, 0) is 24.8 Å². The van der Waals surface area contributed by atoms with Gasteiger partial charge in [0.2, 0.25) is 11.8 Å². The highest BCUT2D eigenvalue weighted by Gasteiger charge is 2.39. The SMILES string of the molecule is O=C1NCC(=O)N(C2CC=CCC2)C1c1ccccc1. The molecule has 0 spiro atoms. The van der Waals surface area contributed by atoms with Crippen molar-refractivity contribution >= 4 is 11.8 Å². The van der Waals surface area contributed by atoms with Crippen molar-refractivity contribution in [1.29, 1.82) is 0 Å². The summed E-state index contributed by atoms with van der Waals surface area (Å²) in [6, 6.07) is 9.18. The van der Waals surface area contributed by atoms with Crippen LogP contribution >= 0.6 is 0 Å². The Balaban J connectivity index is 1.95. The summed E-state index contributed by atoms with van der Waals surface area (Å²) >= 11 is 0. The lowest BCUT2D eigenvalue weighted by molar-refractivity contribution is -0.148. The lowest BCUT2D eigenvalue weighted by Gasteiger charge is -2.41. The molecular formula is C16H18N2O2. The number of nitrogens with one attached hydrogen (secondary N) is 1. The number of carbonyl (C=O) groups excluding carboxylic acids is 2. The molecule has 2 aliphatic rings. The van der Waals surface area contributed by atoms with E-state index in [0.717, 1.165) is 24.8 Å². The molecule has 0 aromatic heterocycles. The van der Waals surface area contributed by atoms with Crippen LogP contribution in [-0.4, -0.2) is 29.3 Å². The van der Waals surface area contributed by atoms with Crippen LogP contribution in [0.3, 0.4) is 0 Å². The van der Waals surface area contributed by atoms with Crippen LogP contribution in [0.15, 0.2) is 42.5 Å². The molecule has 4 nitrogen and oxygen atoms in total. The summed E-state index contributed by atoms with van der Waals surface area (Å²) in [4.78, 5) is 26.4. The Hall–Kier alpha value is -2.10. The minimum Gasteiger partial charge on any atom is -0.345 e. The van der Waals surface area contributed by atoms with Crippen LogP contribution in [0.5, 0.6) is 0 Å². The molecular weight excluding hydrogens is 252 g/mol. The van der Waals surface area contributed by atoms with E-state index in [0.29, 0.717) is 0 Å². The Morgan fingerprint density at radius 3 is 2.60 bits per heavy atom. The van der Waals surface area contributed by atoms with Gasteiger partial charge < -0.3 is 10.2 Å². The first-order valence-electron chi connectivity index (χ1n) is 7.06. The fourth-order valence-electron chi connectivity index (χ4n) is 3.01. The van der Waals surface area contributed by atoms with E-state index >= 15 is 0 Å². The Morgan fingerprint density at radius 1 is 1.10 bits per heavy atom. The fraction of sp³-hybridized carbons (Fsp3) is 0.375. The second kappa shape index (κ2) is 5.49. The highest BCUT2D eigenvalue weighted by molar-refractivity contribution is 5.95. The molecule has 2 amide bonds. The molecule has 0 bridgehead atoms. The molecule has 0 radical (unpaired) electrons. The first-order valence-corrected chi connectivity index (χ1v) is 7.06. The summed E-state index contributed by atoms with van der Waals surface area (Å²) in [7, 11) is 0. The molecule has 2 unspecified atom stereocenters. The summed E-state index contributed by atoms with van der Waals surface area (Å²) in [5.41, 5.74) is 0.882. The van der Waals surface area contributed by atoms with Gasteiger partial charge in [-0.1, -0.05) is 42.5 Å². The van der Waals surface area contributed by atoms with Crippen molar-refractivity contribution in [3.8, 4) is 0 Å². The Bertz CT molecular complexity index is 539. The highest BCUT2D eigenvalue weighted by atomic mass is 16.2. The van der Waals surface area contributed by atoms with E-state index in [1.165, 1.54) is 0 Å². The van der Waals surface area contributed by atoms with Gasteiger partial charge in [0, 0.05) is 6.04 Å². The molecule has 4 heteroatoms. The summed E-state index contributed by atoms with van der Waals surface area (Å²) in [6.07, 6.45) is 6.98. The zero-order valence-corrected chi connectivity index (χ0v) is 11.3. The van der Waals surface area contributed by atoms with Crippen molar-refractivity contribution in [3.63, 3.8) is 0 Å². The van der Waals surface area contributed by atoms with Crippen LogP contribution in [0.2, 0.25) is 0 Å². The van der Waals surface area contributed by atoms with Crippen LogP contribution < -0.4 is 5.32 Å². The predicted molar refractivity (Wildman–Crippen MR) is 75.8 cm³/mol. The zero-order chi connectivity index (χ0) is 13.9. The number of hydrogen-bond acceptors (Lipinski definition) is 2. The second-order valence-corrected chi connectivity index (χ2v) is 5.27. The molecule has 1 aliphatic heterocycles. The smallest absolute Gasteiger partial charge is 0.247 e. The number of rotatable bonds is 2. The van der Waals surface area contributed by atoms with Gasteiger partial charge in [-0.15, -0.1) is 0 Å². The molecule has 1 saturated heterocycles. The topological polar surface area (TPSA) is 49.4 Å². The first kappa shape index (κ1) is 12.9. The minimum absolute atomic E-state index is 0.0127. The van der Waals surface area contributed by atoms with Gasteiger partial charge >= 0.3 is 0 Å². The maximum absolute atomic E-state index is 12.3. The number of hydrogen-bond donors (Lipinski definition) is 1. The molecule has 1 N–H and O–H groups in total. The summed E-state index contributed by atoms with van der Waals surface area (Å²) in [6.45, 7) is 0.113. The highest BCUT2D eigenvalue weighted by Crippen LogP contribution is 2.30. The molecule has 20 heavy (non-hydrogen) atoms. The third-order valence-corrected chi connectivity index (χ3v) is 3.98. The van der Waals surface area contributed by atoms with E-state index in [1.54, 1.807) is 4.90 Å². The van der Waals surface area contributed by atoms with Crippen LogP contribution in [0.1, 0.15) is 30.9 Å². The van der Waals surface area contributed by atoms with Crippen molar-refractivity contribution in [2.75, 3.05) is 6.54 Å². The fourth-order valence-corrected chi connectivity index (χ4v) is 3.01. The van der Waals surface area contributed by atoms with E-state index in [4.69, 9.17) is 0 Å². The minimum atomic E-state index is -0.492. The van der Waals surface area contributed by atoms with Crippen molar-refractivity contribution in [2.45, 2.75) is 31.3 Å². The van der Waals surface area contributed by atoms with Crippen molar-refractivity contribution < 1.29 is 9.59 Å². The van der Waals surface area contributed by atoms with Crippen LogP contribution in [0, 0.1) is 0 Å². The van der Waals surface area contributed by atoms with Crippen LogP contribution in [-0.2, 0) is 9.59 Å². The molecule has 0 saturated carbocycles. The molecule has 1 aromatic rings. The third-order valence-electron chi connectivity index (χ3n) is 3.98. The van der Waals surface area contributed by atoms with Gasteiger partial charge in [0.15, 0.2) is 0 Å². The number of amides is 2. The van der Waals surface area contributed by atoms with Crippen molar-refractivity contribution in [3.05, 3.63) is 48.0 Å². The van der Waals surface area contributed by atoms with Gasteiger partial charge in [0.05, 0.1) is 6.54 Å². The standard InChI is InChI=1S/C16H18N2O2/c19-14-11-17-16(20)15(12-7-3-1-4-8-12)18(14)13-9-5-2-6-10-13/h1-5,7-8,13,15H,6,9-11H2,(H,17,20). The van der Waals surface area contributed by atoms with Gasteiger partial charge in [0.25, 0.3) is 0 Å². The van der Waals surface area contributed by atoms with Gasteiger partial charge in [-0.25, -0.2) is 0 Å². The van der Waals surface area contributed by atoms with Gasteiger partial charge in [-0.2, -0.15) is 0 Å². The normalized spacial score (nSPS) is 26.5. The average Bonchev–Trinajstić information content (AvgIpc) is 2.51. The quantitative estimate of drug-likeness (QED) is 0.833. The Morgan fingerprint density at radius 2 is 1.90 bits per heavy atom. The molecule has 1 aliphatic carbocycles. The van der Waals surface area contributed by atoms with E-state index in [1.807, 2.05) is 30.3 Å². The third kappa shape index (κ3) is 2.33. The van der Waals surface area contributed by atoms with Crippen molar-refractivity contribution in [2.24, 2.45) is 0 Å². The second-order valence-electron chi connectivity index (χ2n) is 5.27. The Kier molecular flexibility index (Phi) is 3.54. The molecule has 1 fully saturated rings. The number of allylic oxidation sites excluding steroid dienone is 1. The molecule has 2 atom stereocenters. The van der Waals surface area contributed by atoms with Crippen molar-refractivity contribution in [1.82, 2.24) is 10.2 Å². The van der Waals surface area contributed by atoms with Crippen LogP contribution in [0.4, 0.5) is 0 Å². The summed E-state index contributed by atoms with van der Waals surface area (Å²) in [5.74, 6) is -0.0656.